The predicted molar refractivity (Wildman–Crippen MR) is 53.2 cm³/mol. The van der Waals surface area contributed by atoms with Crippen LogP contribution in [0.3, 0.4) is 0 Å². The third-order valence-corrected chi connectivity index (χ3v) is 2.36. The maximum atomic E-state index is 12.8. The molecule has 0 aromatic heterocycles. The number of halogens is 6. The number of rotatable bonds is 2. The van der Waals surface area contributed by atoms with Crippen LogP contribution in [0, 0.1) is 0 Å². The van der Waals surface area contributed by atoms with Crippen molar-refractivity contribution in [2.24, 2.45) is 0 Å². The maximum absolute atomic E-state index is 12.8. The summed E-state index contributed by atoms with van der Waals surface area (Å²) in [7, 11) is 0.821. The first-order valence-electron chi connectivity index (χ1n) is 4.89. The van der Waals surface area contributed by atoms with Gasteiger partial charge in [-0.2, -0.15) is 26.3 Å². The third-order valence-electron chi connectivity index (χ3n) is 2.36. The van der Waals surface area contributed by atoms with Crippen molar-refractivity contribution in [3.05, 3.63) is 34.4 Å². The fourth-order valence-electron chi connectivity index (χ4n) is 1.57. The molecule has 0 atom stereocenters. The van der Waals surface area contributed by atoms with Crippen molar-refractivity contribution in [1.82, 2.24) is 0 Å². The van der Waals surface area contributed by atoms with Crippen LogP contribution in [0.25, 0.3) is 0 Å². The molecule has 1 aromatic rings. The average Bonchev–Trinajstić information content (AvgIpc) is 2.33. The van der Waals surface area contributed by atoms with Gasteiger partial charge in [0.05, 0.1) is 23.8 Å². The second-order valence-electron chi connectivity index (χ2n) is 3.55. The van der Waals surface area contributed by atoms with Gasteiger partial charge in [-0.25, -0.2) is 4.79 Å². The summed E-state index contributed by atoms with van der Waals surface area (Å²) in [5.74, 6) is -1.34. The zero-order valence-corrected chi connectivity index (χ0v) is 9.72. The third kappa shape index (κ3) is 2.91. The Morgan fingerprint density at radius 3 is 2.00 bits per heavy atom. The van der Waals surface area contributed by atoms with Gasteiger partial charge in [0.25, 0.3) is 0 Å². The highest BCUT2D eigenvalue weighted by atomic mass is 19.4. The number of hydrogen-bond donors (Lipinski definition) is 0. The smallest absolute Gasteiger partial charge is 0.417 e. The highest BCUT2D eigenvalue weighted by Gasteiger charge is 2.46. The molecule has 0 N–H and O–H groups in total. The van der Waals surface area contributed by atoms with E-state index < -0.39 is 46.9 Å². The summed E-state index contributed by atoms with van der Waals surface area (Å²) in [6, 6.07) is 0.551. The summed E-state index contributed by atoms with van der Waals surface area (Å²) >= 11 is 0. The van der Waals surface area contributed by atoms with Crippen molar-refractivity contribution in [3.63, 3.8) is 0 Å². The predicted octanol–water partition coefficient (Wildman–Crippen LogP) is 3.32. The SMILES string of the molecule is COC(=O)c1ccc(C(F)(F)F)c(C(F)(F)F)c1C=O. The van der Waals surface area contributed by atoms with E-state index in [2.05, 4.69) is 4.74 Å². The highest BCUT2D eigenvalue weighted by Crippen LogP contribution is 2.42. The zero-order valence-electron chi connectivity index (χ0n) is 9.72. The first-order chi connectivity index (χ1) is 9.04. The molecule has 0 unspecified atom stereocenters. The number of aldehydes is 1. The minimum atomic E-state index is -5.45. The lowest BCUT2D eigenvalue weighted by Crippen LogP contribution is -2.21. The Hall–Kier alpha value is -2.06. The van der Waals surface area contributed by atoms with Crippen molar-refractivity contribution in [1.29, 1.82) is 0 Å². The molecule has 0 spiro atoms. The molecule has 0 radical (unpaired) electrons. The van der Waals surface area contributed by atoms with E-state index in [0.717, 1.165) is 7.11 Å². The van der Waals surface area contributed by atoms with Gasteiger partial charge in [-0.3, -0.25) is 4.79 Å². The summed E-state index contributed by atoms with van der Waals surface area (Å²) in [4.78, 5) is 21.9. The van der Waals surface area contributed by atoms with E-state index in [4.69, 9.17) is 0 Å². The summed E-state index contributed by atoms with van der Waals surface area (Å²) in [5.41, 5.74) is -6.54. The fraction of sp³-hybridized carbons (Fsp3) is 0.273. The Kier molecular flexibility index (Phi) is 4.11. The molecule has 0 aliphatic rings. The first-order valence-corrected chi connectivity index (χ1v) is 4.89. The first kappa shape index (κ1) is 16.0. The molecule has 0 bridgehead atoms. The van der Waals surface area contributed by atoms with Gasteiger partial charge in [-0.05, 0) is 12.1 Å². The van der Waals surface area contributed by atoms with E-state index >= 15 is 0 Å². The minimum absolute atomic E-state index is 0.0854. The Morgan fingerprint density at radius 1 is 1.10 bits per heavy atom. The molecule has 9 heteroatoms. The fourth-order valence-corrected chi connectivity index (χ4v) is 1.57. The van der Waals surface area contributed by atoms with E-state index in [9.17, 15) is 35.9 Å². The van der Waals surface area contributed by atoms with Gasteiger partial charge >= 0.3 is 18.3 Å². The number of hydrogen-bond acceptors (Lipinski definition) is 3. The van der Waals surface area contributed by atoms with Gasteiger partial charge in [-0.15, -0.1) is 0 Å². The van der Waals surface area contributed by atoms with Crippen LogP contribution in [0.2, 0.25) is 0 Å². The molecule has 1 aromatic carbocycles. The van der Waals surface area contributed by atoms with Crippen LogP contribution in [-0.2, 0) is 17.1 Å². The molecule has 0 saturated heterocycles. The second-order valence-corrected chi connectivity index (χ2v) is 3.55. The van der Waals surface area contributed by atoms with Gasteiger partial charge in [0.2, 0.25) is 0 Å². The number of methoxy groups -OCH3 is 1. The van der Waals surface area contributed by atoms with Crippen LogP contribution >= 0.6 is 0 Å². The number of alkyl halides is 6. The van der Waals surface area contributed by atoms with Crippen LogP contribution in [0.15, 0.2) is 12.1 Å². The van der Waals surface area contributed by atoms with E-state index in [0.29, 0.717) is 6.07 Å². The molecule has 0 aliphatic heterocycles. The van der Waals surface area contributed by atoms with Crippen molar-refractivity contribution in [2.75, 3.05) is 7.11 Å². The average molecular weight is 300 g/mol. The van der Waals surface area contributed by atoms with E-state index in [-0.39, 0.29) is 6.07 Å². The Labute approximate surface area is 108 Å². The molecule has 110 valence electrons. The minimum Gasteiger partial charge on any atom is -0.465 e. The zero-order chi connectivity index (χ0) is 15.7. The van der Waals surface area contributed by atoms with Crippen LogP contribution < -0.4 is 0 Å². The van der Waals surface area contributed by atoms with Crippen LogP contribution in [-0.4, -0.2) is 19.4 Å². The molecule has 3 nitrogen and oxygen atoms in total. The quantitative estimate of drug-likeness (QED) is 0.478. The number of carbonyl (C=O) groups is 2. The largest absolute Gasteiger partial charge is 0.465 e. The molecule has 0 saturated carbocycles. The molecule has 0 heterocycles. The van der Waals surface area contributed by atoms with Crippen molar-refractivity contribution in [2.45, 2.75) is 12.4 Å². The monoisotopic (exact) mass is 300 g/mol. The van der Waals surface area contributed by atoms with Crippen molar-refractivity contribution < 1.29 is 40.7 Å². The Morgan fingerprint density at radius 2 is 1.65 bits per heavy atom. The van der Waals surface area contributed by atoms with Gasteiger partial charge < -0.3 is 4.74 Å². The Bertz CT molecular complexity index is 544. The Balaban J connectivity index is 3.79. The van der Waals surface area contributed by atoms with Gasteiger partial charge in [0.15, 0.2) is 6.29 Å². The molecule has 0 aliphatic carbocycles. The lowest BCUT2D eigenvalue weighted by Gasteiger charge is -2.18. The highest BCUT2D eigenvalue weighted by molar-refractivity contribution is 5.99. The number of carbonyl (C=O) groups excluding carboxylic acids is 2. The molecule has 20 heavy (non-hydrogen) atoms. The van der Waals surface area contributed by atoms with Gasteiger partial charge in [-0.1, -0.05) is 0 Å². The topological polar surface area (TPSA) is 43.4 Å². The van der Waals surface area contributed by atoms with Crippen molar-refractivity contribution in [3.8, 4) is 0 Å². The van der Waals surface area contributed by atoms with E-state index in [1.807, 2.05) is 0 Å². The molecule has 0 amide bonds. The molecule has 0 fully saturated rings. The van der Waals surface area contributed by atoms with Gasteiger partial charge in [0.1, 0.15) is 0 Å². The second kappa shape index (κ2) is 5.14. The summed E-state index contributed by atoms with van der Waals surface area (Å²) in [5, 5.41) is 0. The summed E-state index contributed by atoms with van der Waals surface area (Å²) in [6.45, 7) is 0. The summed E-state index contributed by atoms with van der Waals surface area (Å²) < 4.78 is 80.1. The van der Waals surface area contributed by atoms with E-state index in [1.54, 1.807) is 0 Å². The lowest BCUT2D eigenvalue weighted by atomic mass is 9.95. The van der Waals surface area contributed by atoms with Crippen LogP contribution in [0.1, 0.15) is 31.8 Å². The number of ether oxygens (including phenoxy) is 1. The lowest BCUT2D eigenvalue weighted by molar-refractivity contribution is -0.162. The normalized spacial score (nSPS) is 12.2. The standard InChI is InChI=1S/C11H6F6O3/c1-20-9(19)5-2-3-7(10(12,13)14)8(6(5)4-18)11(15,16)17/h2-4H,1H3. The summed E-state index contributed by atoms with van der Waals surface area (Å²) in [6.07, 6.45) is -11.2. The van der Waals surface area contributed by atoms with Gasteiger partial charge in [0, 0.05) is 5.56 Å². The maximum Gasteiger partial charge on any atom is 0.417 e. The molecular weight excluding hydrogens is 294 g/mol. The molecule has 1 rings (SSSR count). The van der Waals surface area contributed by atoms with E-state index in [1.165, 1.54) is 0 Å². The van der Waals surface area contributed by atoms with Crippen LogP contribution in [0.5, 0.6) is 0 Å². The number of benzene rings is 1. The molecular formula is C11H6F6O3. The van der Waals surface area contributed by atoms with Crippen LogP contribution in [0.4, 0.5) is 26.3 Å². The number of esters is 1. The van der Waals surface area contributed by atoms with Crippen molar-refractivity contribution >= 4 is 12.3 Å².